The zero-order chi connectivity index (χ0) is 37.4. The van der Waals surface area contributed by atoms with E-state index in [2.05, 4.69) is 132 Å². The Morgan fingerprint density at radius 2 is 0.875 bits per heavy atom. The summed E-state index contributed by atoms with van der Waals surface area (Å²) in [5.41, 5.74) is 12.5. The molecule has 0 spiro atoms. The number of fused-ring (bicyclic) bond motifs is 5. The summed E-state index contributed by atoms with van der Waals surface area (Å²) in [5, 5.41) is 4.45. The molecule has 0 saturated carbocycles. The van der Waals surface area contributed by atoms with E-state index in [1.165, 1.54) is 6.07 Å². The molecule has 0 fully saturated rings. The van der Waals surface area contributed by atoms with Gasteiger partial charge in [-0.2, -0.15) is 0 Å². The molecule has 0 amide bonds. The largest absolute Gasteiger partial charge is 0.310 e. The first-order chi connectivity index (χ1) is 27.7. The number of benzene rings is 9. The van der Waals surface area contributed by atoms with Crippen molar-refractivity contribution < 1.29 is 4.39 Å². The number of anilines is 3. The van der Waals surface area contributed by atoms with Crippen LogP contribution in [0.4, 0.5) is 21.5 Å². The SMILES string of the molecule is Fc1cccc(N(c2ccc(-c3ccc4ccc5ccc6nc(-c7ccccc7)c(-c7ccccc7)nc6c5c4c3)cc2)c2cccc(-c3ccccc3)c2)c1. The van der Waals surface area contributed by atoms with Crippen molar-refractivity contribution in [2.75, 3.05) is 4.90 Å². The van der Waals surface area contributed by atoms with Gasteiger partial charge in [0.2, 0.25) is 0 Å². The molecule has 9 aromatic carbocycles. The van der Waals surface area contributed by atoms with Crippen LogP contribution in [0, 0.1) is 5.82 Å². The first-order valence-electron chi connectivity index (χ1n) is 18.8. The summed E-state index contributed by atoms with van der Waals surface area (Å²) in [5.74, 6) is -0.281. The third kappa shape index (κ3) is 6.13. The molecule has 0 atom stereocenters. The van der Waals surface area contributed by atoms with Crippen molar-refractivity contribution in [1.29, 1.82) is 0 Å². The van der Waals surface area contributed by atoms with E-state index in [4.69, 9.17) is 9.97 Å². The van der Waals surface area contributed by atoms with Gasteiger partial charge in [-0.1, -0.05) is 152 Å². The quantitative estimate of drug-likeness (QED) is 0.154. The number of nitrogens with zero attached hydrogens (tertiary/aromatic N) is 3. The zero-order valence-corrected chi connectivity index (χ0v) is 30.3. The maximum atomic E-state index is 14.7. The fourth-order valence-electron chi connectivity index (χ4n) is 7.75. The summed E-state index contributed by atoms with van der Waals surface area (Å²) in [7, 11) is 0. The Hall–Kier alpha value is -7.43. The summed E-state index contributed by atoms with van der Waals surface area (Å²) < 4.78 is 14.7. The molecule has 0 radical (unpaired) electrons. The molecule has 264 valence electrons. The fourth-order valence-corrected chi connectivity index (χ4v) is 7.75. The van der Waals surface area contributed by atoms with E-state index in [0.29, 0.717) is 0 Å². The lowest BCUT2D eigenvalue weighted by Gasteiger charge is -2.26. The van der Waals surface area contributed by atoms with Gasteiger partial charge in [0.1, 0.15) is 5.82 Å². The lowest BCUT2D eigenvalue weighted by Crippen LogP contribution is -2.10. The molecule has 1 heterocycles. The highest BCUT2D eigenvalue weighted by Crippen LogP contribution is 2.40. The maximum absolute atomic E-state index is 14.7. The molecular formula is C52H34FN3. The van der Waals surface area contributed by atoms with Gasteiger partial charge in [0.05, 0.1) is 22.4 Å². The molecule has 0 aliphatic carbocycles. The molecule has 56 heavy (non-hydrogen) atoms. The Balaban J connectivity index is 1.10. The zero-order valence-electron chi connectivity index (χ0n) is 30.3. The minimum absolute atomic E-state index is 0.281. The number of hydrogen-bond acceptors (Lipinski definition) is 3. The van der Waals surface area contributed by atoms with Crippen LogP contribution in [0.15, 0.2) is 206 Å². The Bertz CT molecular complexity index is 3020. The van der Waals surface area contributed by atoms with Gasteiger partial charge in [0.25, 0.3) is 0 Å². The molecule has 10 rings (SSSR count). The van der Waals surface area contributed by atoms with Gasteiger partial charge in [-0.05, 0) is 93.0 Å². The number of hydrogen-bond donors (Lipinski definition) is 0. The molecular weight excluding hydrogens is 686 g/mol. The first-order valence-corrected chi connectivity index (χ1v) is 18.8. The van der Waals surface area contributed by atoms with Gasteiger partial charge in [-0.25, -0.2) is 14.4 Å². The van der Waals surface area contributed by atoms with Crippen molar-refractivity contribution in [3.63, 3.8) is 0 Å². The van der Waals surface area contributed by atoms with Gasteiger partial charge >= 0.3 is 0 Å². The number of rotatable bonds is 7. The van der Waals surface area contributed by atoms with Crippen LogP contribution in [0.1, 0.15) is 0 Å². The predicted octanol–water partition coefficient (Wildman–Crippen LogP) is 14.2. The van der Waals surface area contributed by atoms with Crippen molar-refractivity contribution >= 4 is 49.6 Å². The summed E-state index contributed by atoms with van der Waals surface area (Å²) in [6, 6.07) is 69.8. The van der Waals surface area contributed by atoms with Crippen LogP contribution in [-0.4, -0.2) is 9.97 Å². The average Bonchev–Trinajstić information content (AvgIpc) is 3.27. The van der Waals surface area contributed by atoms with Gasteiger partial charge in [0.15, 0.2) is 0 Å². The highest BCUT2D eigenvalue weighted by molar-refractivity contribution is 6.19. The van der Waals surface area contributed by atoms with E-state index < -0.39 is 0 Å². The smallest absolute Gasteiger partial charge is 0.125 e. The predicted molar refractivity (Wildman–Crippen MR) is 231 cm³/mol. The second-order valence-electron chi connectivity index (χ2n) is 14.0. The molecule has 1 aromatic heterocycles. The molecule has 10 aromatic rings. The standard InChI is InChI=1S/C52H34FN3/c53-43-19-11-21-46(34-43)56(45-20-10-18-41(32-45)35-12-4-1-5-13-35)44-29-26-36(27-30-44)42-25-23-37-22-24-38-28-31-48-52(49(38)47(37)33-42)55-51(40-16-8-3-9-17-40)50(54-48)39-14-6-2-7-15-39/h1-34H. The van der Waals surface area contributed by atoms with Crippen LogP contribution in [-0.2, 0) is 0 Å². The van der Waals surface area contributed by atoms with E-state index in [0.717, 1.165) is 94.4 Å². The minimum Gasteiger partial charge on any atom is -0.310 e. The molecule has 0 aliphatic rings. The van der Waals surface area contributed by atoms with E-state index in [1.54, 1.807) is 12.1 Å². The van der Waals surface area contributed by atoms with Gasteiger partial charge < -0.3 is 4.90 Å². The third-order valence-corrected chi connectivity index (χ3v) is 10.5. The van der Waals surface area contributed by atoms with E-state index in [1.807, 2.05) is 60.7 Å². The molecule has 0 bridgehead atoms. The van der Waals surface area contributed by atoms with E-state index in [-0.39, 0.29) is 5.82 Å². The highest BCUT2D eigenvalue weighted by atomic mass is 19.1. The van der Waals surface area contributed by atoms with Gasteiger partial charge in [0, 0.05) is 33.6 Å². The third-order valence-electron chi connectivity index (χ3n) is 10.5. The Kier molecular flexibility index (Phi) is 8.34. The minimum atomic E-state index is -0.281. The van der Waals surface area contributed by atoms with Crippen molar-refractivity contribution in [2.45, 2.75) is 0 Å². The number of halogens is 1. The Labute approximate surface area is 324 Å². The van der Waals surface area contributed by atoms with Crippen LogP contribution in [0.3, 0.4) is 0 Å². The summed E-state index contributed by atoms with van der Waals surface area (Å²) in [6.07, 6.45) is 0. The normalized spacial score (nSPS) is 11.3. The van der Waals surface area contributed by atoms with Crippen molar-refractivity contribution in [3.05, 3.63) is 212 Å². The second-order valence-corrected chi connectivity index (χ2v) is 14.0. The van der Waals surface area contributed by atoms with Crippen LogP contribution in [0.25, 0.3) is 77.3 Å². The summed E-state index contributed by atoms with van der Waals surface area (Å²) in [4.78, 5) is 12.8. The first kappa shape index (κ1) is 33.2. The molecule has 4 heteroatoms. The van der Waals surface area contributed by atoms with Crippen molar-refractivity contribution in [3.8, 4) is 44.8 Å². The lowest BCUT2D eigenvalue weighted by atomic mass is 9.95. The monoisotopic (exact) mass is 719 g/mol. The molecule has 0 N–H and O–H groups in total. The topological polar surface area (TPSA) is 29.0 Å². The lowest BCUT2D eigenvalue weighted by molar-refractivity contribution is 0.628. The number of aromatic nitrogens is 2. The summed E-state index contributed by atoms with van der Waals surface area (Å²) >= 11 is 0. The molecule has 0 aliphatic heterocycles. The van der Waals surface area contributed by atoms with Crippen LogP contribution in [0.2, 0.25) is 0 Å². The van der Waals surface area contributed by atoms with Gasteiger partial charge in [-0.3, -0.25) is 0 Å². The van der Waals surface area contributed by atoms with Crippen LogP contribution < -0.4 is 4.90 Å². The van der Waals surface area contributed by atoms with E-state index in [9.17, 15) is 4.39 Å². The Morgan fingerprint density at radius 3 is 1.57 bits per heavy atom. The second kappa shape index (κ2) is 14.1. The van der Waals surface area contributed by atoms with Gasteiger partial charge in [-0.15, -0.1) is 0 Å². The van der Waals surface area contributed by atoms with E-state index >= 15 is 0 Å². The average molecular weight is 720 g/mol. The highest BCUT2D eigenvalue weighted by Gasteiger charge is 2.18. The maximum Gasteiger partial charge on any atom is 0.125 e. The fraction of sp³-hybridized carbons (Fsp3) is 0. The Morgan fingerprint density at radius 1 is 0.357 bits per heavy atom. The van der Waals surface area contributed by atoms with Crippen LogP contribution >= 0.6 is 0 Å². The van der Waals surface area contributed by atoms with Crippen LogP contribution in [0.5, 0.6) is 0 Å². The molecule has 0 saturated heterocycles. The molecule has 3 nitrogen and oxygen atoms in total. The van der Waals surface area contributed by atoms with Crippen molar-refractivity contribution in [1.82, 2.24) is 9.97 Å². The molecule has 0 unspecified atom stereocenters. The van der Waals surface area contributed by atoms with Crippen molar-refractivity contribution in [2.24, 2.45) is 0 Å². The summed E-state index contributed by atoms with van der Waals surface area (Å²) in [6.45, 7) is 0.